The number of aryl methyl sites for hydroxylation is 1. The zero-order chi connectivity index (χ0) is 27.7. The van der Waals surface area contributed by atoms with Crippen LogP contribution in [-0.2, 0) is 0 Å². The Labute approximate surface area is 218 Å². The van der Waals surface area contributed by atoms with Gasteiger partial charge in [-0.25, -0.2) is 14.4 Å². The highest BCUT2D eigenvalue weighted by atomic mass is 19.4. The first kappa shape index (κ1) is 25.6. The Morgan fingerprint density at radius 2 is 1.74 bits per heavy atom. The van der Waals surface area contributed by atoms with Gasteiger partial charge in [0, 0.05) is 28.5 Å². The van der Waals surface area contributed by atoms with E-state index in [2.05, 4.69) is 25.1 Å². The second-order valence-electron chi connectivity index (χ2n) is 8.41. The van der Waals surface area contributed by atoms with E-state index in [1.54, 1.807) is 38.2 Å². The molecule has 8 nitrogen and oxygen atoms in total. The van der Waals surface area contributed by atoms with Gasteiger partial charge in [-0.3, -0.25) is 4.79 Å². The molecule has 0 unspecified atom stereocenters. The zero-order valence-corrected chi connectivity index (χ0v) is 20.5. The number of ether oxygens (including phenoxy) is 2. The molecule has 198 valence electrons. The summed E-state index contributed by atoms with van der Waals surface area (Å²) in [5.74, 6) is -1.39. The summed E-state index contributed by atoms with van der Waals surface area (Å²) >= 11 is 0. The number of nitrogens with one attached hydrogen (secondary N) is 1. The second-order valence-corrected chi connectivity index (χ2v) is 8.41. The van der Waals surface area contributed by atoms with Crippen LogP contribution in [0, 0.1) is 19.7 Å². The fraction of sp³-hybridized carbons (Fsp3) is 0.111. The maximum Gasteiger partial charge on any atom is 0.573 e. The van der Waals surface area contributed by atoms with Crippen LogP contribution in [0.3, 0.4) is 0 Å². The van der Waals surface area contributed by atoms with E-state index in [9.17, 15) is 22.4 Å². The van der Waals surface area contributed by atoms with E-state index >= 15 is 0 Å². The van der Waals surface area contributed by atoms with Crippen molar-refractivity contribution in [3.05, 3.63) is 95.6 Å². The summed E-state index contributed by atoms with van der Waals surface area (Å²) in [4.78, 5) is 21.5. The summed E-state index contributed by atoms with van der Waals surface area (Å²) in [6, 6.07) is 15.4. The lowest BCUT2D eigenvalue weighted by Crippen LogP contribution is -2.16. The van der Waals surface area contributed by atoms with Crippen molar-refractivity contribution in [1.82, 2.24) is 19.6 Å². The maximum atomic E-state index is 15.0. The Hall–Kier alpha value is -5.00. The molecule has 1 N–H and O–H groups in total. The van der Waals surface area contributed by atoms with Gasteiger partial charge in [-0.15, -0.1) is 13.2 Å². The molecule has 5 rings (SSSR count). The van der Waals surface area contributed by atoms with E-state index in [1.165, 1.54) is 34.8 Å². The Morgan fingerprint density at radius 1 is 0.974 bits per heavy atom. The molecule has 0 aliphatic heterocycles. The highest BCUT2D eigenvalue weighted by molar-refractivity contribution is 6.04. The van der Waals surface area contributed by atoms with Gasteiger partial charge in [-0.05, 0) is 68.4 Å². The van der Waals surface area contributed by atoms with Gasteiger partial charge in [0.25, 0.3) is 5.91 Å². The topological polar surface area (TPSA) is 90.6 Å². The molecule has 2 aromatic carbocycles. The van der Waals surface area contributed by atoms with Crippen LogP contribution in [0.15, 0.2) is 72.9 Å². The number of alkyl halides is 3. The first-order chi connectivity index (χ1) is 18.6. The van der Waals surface area contributed by atoms with Crippen LogP contribution in [-0.4, -0.2) is 31.9 Å². The van der Waals surface area contributed by atoms with Crippen molar-refractivity contribution in [2.45, 2.75) is 20.2 Å². The summed E-state index contributed by atoms with van der Waals surface area (Å²) in [7, 11) is 0. The van der Waals surface area contributed by atoms with Crippen molar-refractivity contribution >= 4 is 17.4 Å². The van der Waals surface area contributed by atoms with Crippen LogP contribution < -0.4 is 14.8 Å². The Bertz CT molecular complexity index is 1680. The predicted molar refractivity (Wildman–Crippen MR) is 133 cm³/mol. The number of hydrogen-bond acceptors (Lipinski definition) is 6. The quantitative estimate of drug-likeness (QED) is 0.249. The van der Waals surface area contributed by atoms with Gasteiger partial charge >= 0.3 is 6.36 Å². The Balaban J connectivity index is 1.31. The van der Waals surface area contributed by atoms with Crippen LogP contribution in [0.1, 0.15) is 21.6 Å². The molecule has 0 bridgehead atoms. The molecular formula is C27H19F4N5O3. The lowest BCUT2D eigenvalue weighted by atomic mass is 10.1. The smallest absolute Gasteiger partial charge is 0.435 e. The zero-order valence-electron chi connectivity index (χ0n) is 20.5. The molecule has 0 atom stereocenters. The number of hydrogen-bond donors (Lipinski definition) is 1. The third-order valence-electron chi connectivity index (χ3n) is 5.74. The summed E-state index contributed by atoms with van der Waals surface area (Å²) in [6.45, 7) is 3.59. The second kappa shape index (κ2) is 10.0. The number of pyridine rings is 1. The number of nitrogens with zero attached hydrogens (tertiary/aromatic N) is 4. The van der Waals surface area contributed by atoms with E-state index in [0.29, 0.717) is 34.0 Å². The fourth-order valence-electron chi connectivity index (χ4n) is 3.74. The molecule has 0 aliphatic rings. The van der Waals surface area contributed by atoms with Gasteiger partial charge in [-0.1, -0.05) is 6.07 Å². The summed E-state index contributed by atoms with van der Waals surface area (Å²) in [5.41, 5.74) is 2.85. The Kier molecular flexibility index (Phi) is 6.60. The standard InChI is InChI=1S/C27H19F4N5O3/c1-15-16(2)33-24-12-13-32-36(24)26(15)38-22-11-8-18(14-20(22)28)25(37)35-23-5-3-4-21(34-23)17-6-9-19(10-7-17)39-27(29,30)31/h3-14H,1-2H3,(H,34,35,37). The largest absolute Gasteiger partial charge is 0.573 e. The molecule has 5 aromatic rings. The monoisotopic (exact) mass is 537 g/mol. The van der Waals surface area contributed by atoms with Crippen molar-refractivity contribution in [2.75, 3.05) is 5.32 Å². The molecule has 0 spiro atoms. The lowest BCUT2D eigenvalue weighted by Gasteiger charge is -2.13. The average Bonchev–Trinajstić information content (AvgIpc) is 3.35. The van der Waals surface area contributed by atoms with Gasteiger partial charge in [0.05, 0.1) is 11.9 Å². The SMILES string of the molecule is Cc1nc2ccnn2c(Oc2ccc(C(=O)Nc3cccc(-c4ccc(OC(F)(F)F)cc4)n3)cc2F)c1C. The molecule has 0 aliphatic carbocycles. The van der Waals surface area contributed by atoms with Crippen molar-refractivity contribution in [1.29, 1.82) is 0 Å². The van der Waals surface area contributed by atoms with Crippen LogP contribution in [0.4, 0.5) is 23.4 Å². The Morgan fingerprint density at radius 3 is 2.46 bits per heavy atom. The van der Waals surface area contributed by atoms with Crippen molar-refractivity contribution in [3.63, 3.8) is 0 Å². The molecule has 0 radical (unpaired) electrons. The molecule has 3 aromatic heterocycles. The molecule has 1 amide bonds. The van der Waals surface area contributed by atoms with Crippen LogP contribution in [0.5, 0.6) is 17.4 Å². The van der Waals surface area contributed by atoms with E-state index in [4.69, 9.17) is 4.74 Å². The number of carbonyl (C=O) groups excluding carboxylic acids is 1. The lowest BCUT2D eigenvalue weighted by molar-refractivity contribution is -0.274. The molecule has 3 heterocycles. The minimum absolute atomic E-state index is 0.0209. The van der Waals surface area contributed by atoms with Crippen LogP contribution >= 0.6 is 0 Å². The minimum Gasteiger partial charge on any atom is -0.435 e. The number of rotatable bonds is 6. The summed E-state index contributed by atoms with van der Waals surface area (Å²) in [5, 5.41) is 6.76. The highest BCUT2D eigenvalue weighted by Gasteiger charge is 2.31. The number of carbonyl (C=O) groups is 1. The van der Waals surface area contributed by atoms with Gasteiger partial charge in [-0.2, -0.15) is 9.61 Å². The number of amides is 1. The average molecular weight is 537 g/mol. The number of benzene rings is 2. The van der Waals surface area contributed by atoms with E-state index in [0.717, 1.165) is 18.2 Å². The van der Waals surface area contributed by atoms with Gasteiger partial charge < -0.3 is 14.8 Å². The van der Waals surface area contributed by atoms with Crippen molar-refractivity contribution in [2.24, 2.45) is 0 Å². The molecule has 0 saturated carbocycles. The fourth-order valence-corrected chi connectivity index (χ4v) is 3.74. The molecule has 12 heteroatoms. The summed E-state index contributed by atoms with van der Waals surface area (Å²) < 4.78 is 63.3. The third-order valence-corrected chi connectivity index (χ3v) is 5.74. The van der Waals surface area contributed by atoms with Gasteiger partial charge in [0.15, 0.2) is 17.2 Å². The third kappa shape index (κ3) is 5.64. The molecule has 0 saturated heterocycles. The number of fused-ring (bicyclic) bond motifs is 1. The number of anilines is 1. The van der Waals surface area contributed by atoms with E-state index < -0.39 is 18.1 Å². The number of halogens is 4. The van der Waals surface area contributed by atoms with Crippen molar-refractivity contribution in [3.8, 4) is 28.6 Å². The van der Waals surface area contributed by atoms with E-state index in [-0.39, 0.29) is 22.9 Å². The molecular weight excluding hydrogens is 518 g/mol. The van der Waals surface area contributed by atoms with Gasteiger partial charge in [0.2, 0.25) is 5.88 Å². The molecule has 0 fully saturated rings. The normalized spacial score (nSPS) is 11.4. The first-order valence-corrected chi connectivity index (χ1v) is 11.5. The highest BCUT2D eigenvalue weighted by Crippen LogP contribution is 2.30. The molecule has 39 heavy (non-hydrogen) atoms. The summed E-state index contributed by atoms with van der Waals surface area (Å²) in [6.07, 6.45) is -3.24. The van der Waals surface area contributed by atoms with Crippen LogP contribution in [0.25, 0.3) is 16.9 Å². The maximum absolute atomic E-state index is 15.0. The van der Waals surface area contributed by atoms with Gasteiger partial charge in [0.1, 0.15) is 11.6 Å². The van der Waals surface area contributed by atoms with Crippen molar-refractivity contribution < 1.29 is 31.8 Å². The predicted octanol–water partition coefficient (Wildman–Crippen LogP) is 6.49. The minimum atomic E-state index is -4.79. The first-order valence-electron chi connectivity index (χ1n) is 11.5. The number of aromatic nitrogens is 4. The van der Waals surface area contributed by atoms with E-state index in [1.807, 2.05) is 0 Å². The van der Waals surface area contributed by atoms with Crippen LogP contribution in [0.2, 0.25) is 0 Å².